The second-order valence-electron chi connectivity index (χ2n) is 4.85. The Hall–Kier alpha value is -2.08. The van der Waals surface area contributed by atoms with E-state index >= 15 is 0 Å². The number of para-hydroxylation sites is 1. The summed E-state index contributed by atoms with van der Waals surface area (Å²) in [7, 11) is 0. The number of hydrogen-bond donors (Lipinski definition) is 0. The van der Waals surface area contributed by atoms with Crippen LogP contribution in [-0.2, 0) is 16.1 Å². The molecule has 1 aromatic heterocycles. The minimum absolute atomic E-state index is 0.120. The van der Waals surface area contributed by atoms with Crippen molar-refractivity contribution in [1.29, 1.82) is 0 Å². The van der Waals surface area contributed by atoms with E-state index in [2.05, 4.69) is 11.6 Å². The molecule has 0 amide bonds. The summed E-state index contributed by atoms with van der Waals surface area (Å²) in [6, 6.07) is 7.18. The predicted molar refractivity (Wildman–Crippen MR) is 88.2 cm³/mol. The molecule has 0 bridgehead atoms. The molecule has 0 atom stereocenters. The third-order valence-electron chi connectivity index (χ3n) is 2.88. The van der Waals surface area contributed by atoms with Crippen LogP contribution in [0.3, 0.4) is 0 Å². The molecule has 0 N–H and O–H groups in total. The van der Waals surface area contributed by atoms with Crippen LogP contribution in [0, 0.1) is 0 Å². The molecule has 2 aromatic rings. The zero-order valence-electron chi connectivity index (χ0n) is 12.7. The summed E-state index contributed by atoms with van der Waals surface area (Å²) in [5.41, 5.74) is 1.34. The molecule has 0 saturated heterocycles. The molecule has 0 radical (unpaired) electrons. The first kappa shape index (κ1) is 16.3. The summed E-state index contributed by atoms with van der Waals surface area (Å²) >= 11 is 1.20. The SMILES string of the molecule is C=C(C)Cn1c(SCC(=O)OCC)nc2ccccc2c1=O. The second-order valence-corrected chi connectivity index (χ2v) is 5.80. The van der Waals surface area contributed by atoms with Crippen LogP contribution in [0.4, 0.5) is 0 Å². The van der Waals surface area contributed by atoms with E-state index in [1.165, 1.54) is 11.8 Å². The van der Waals surface area contributed by atoms with E-state index in [9.17, 15) is 9.59 Å². The molecule has 1 heterocycles. The zero-order chi connectivity index (χ0) is 16.1. The van der Waals surface area contributed by atoms with E-state index in [1.807, 2.05) is 19.1 Å². The van der Waals surface area contributed by atoms with E-state index < -0.39 is 0 Å². The van der Waals surface area contributed by atoms with Gasteiger partial charge in [0.05, 0.1) is 23.3 Å². The minimum atomic E-state index is -0.322. The van der Waals surface area contributed by atoms with Crippen molar-refractivity contribution >= 4 is 28.6 Å². The maximum Gasteiger partial charge on any atom is 0.316 e. The largest absolute Gasteiger partial charge is 0.465 e. The second kappa shape index (κ2) is 7.26. The summed E-state index contributed by atoms with van der Waals surface area (Å²) in [6.45, 7) is 8.17. The van der Waals surface area contributed by atoms with Crippen LogP contribution in [0.15, 0.2) is 46.4 Å². The van der Waals surface area contributed by atoms with Crippen LogP contribution in [0.1, 0.15) is 13.8 Å². The number of carbonyl (C=O) groups excluding carboxylic acids is 1. The molecule has 0 spiro atoms. The Balaban J connectivity index is 2.43. The van der Waals surface area contributed by atoms with E-state index in [1.54, 1.807) is 23.6 Å². The van der Waals surface area contributed by atoms with Gasteiger partial charge < -0.3 is 4.74 Å². The highest BCUT2D eigenvalue weighted by atomic mass is 32.2. The van der Waals surface area contributed by atoms with Gasteiger partial charge in [-0.25, -0.2) is 4.98 Å². The van der Waals surface area contributed by atoms with Crippen molar-refractivity contribution < 1.29 is 9.53 Å². The summed E-state index contributed by atoms with van der Waals surface area (Å²) in [5, 5.41) is 1.06. The highest BCUT2D eigenvalue weighted by Crippen LogP contribution is 2.18. The van der Waals surface area contributed by atoms with Crippen molar-refractivity contribution in [3.8, 4) is 0 Å². The number of benzene rings is 1. The Morgan fingerprint density at radius 3 is 2.82 bits per heavy atom. The smallest absolute Gasteiger partial charge is 0.316 e. The number of rotatable bonds is 6. The Kier molecular flexibility index (Phi) is 5.38. The van der Waals surface area contributed by atoms with Crippen molar-refractivity contribution in [3.63, 3.8) is 0 Å². The number of nitrogens with zero attached hydrogens (tertiary/aromatic N) is 2. The molecule has 1 aromatic carbocycles. The first-order chi connectivity index (χ1) is 10.5. The van der Waals surface area contributed by atoms with Crippen LogP contribution in [-0.4, -0.2) is 27.9 Å². The topological polar surface area (TPSA) is 61.2 Å². The number of aromatic nitrogens is 2. The van der Waals surface area contributed by atoms with Gasteiger partial charge in [-0.05, 0) is 26.0 Å². The van der Waals surface area contributed by atoms with Crippen LogP contribution in [0.25, 0.3) is 10.9 Å². The van der Waals surface area contributed by atoms with E-state index in [0.29, 0.717) is 29.2 Å². The quantitative estimate of drug-likeness (QED) is 0.355. The van der Waals surface area contributed by atoms with Gasteiger partial charge >= 0.3 is 5.97 Å². The third kappa shape index (κ3) is 3.76. The number of carbonyl (C=O) groups is 1. The lowest BCUT2D eigenvalue weighted by Gasteiger charge is -2.12. The van der Waals surface area contributed by atoms with Gasteiger partial charge in [-0.3, -0.25) is 14.2 Å². The molecule has 0 aliphatic carbocycles. The fourth-order valence-electron chi connectivity index (χ4n) is 1.99. The molecule has 22 heavy (non-hydrogen) atoms. The number of fused-ring (bicyclic) bond motifs is 1. The van der Waals surface area contributed by atoms with Gasteiger partial charge in [0.2, 0.25) is 0 Å². The minimum Gasteiger partial charge on any atom is -0.465 e. The monoisotopic (exact) mass is 318 g/mol. The van der Waals surface area contributed by atoms with Crippen LogP contribution >= 0.6 is 11.8 Å². The van der Waals surface area contributed by atoms with Crippen LogP contribution in [0.2, 0.25) is 0 Å². The Morgan fingerprint density at radius 1 is 1.41 bits per heavy atom. The normalized spacial score (nSPS) is 10.6. The fourth-order valence-corrected chi connectivity index (χ4v) is 2.79. The lowest BCUT2D eigenvalue weighted by atomic mass is 10.2. The third-order valence-corrected chi connectivity index (χ3v) is 3.83. The van der Waals surface area contributed by atoms with Crippen molar-refractivity contribution in [2.45, 2.75) is 25.5 Å². The molecule has 116 valence electrons. The molecule has 0 saturated carbocycles. The Morgan fingerprint density at radius 2 is 2.14 bits per heavy atom. The number of hydrogen-bond acceptors (Lipinski definition) is 5. The summed E-state index contributed by atoms with van der Waals surface area (Å²) in [6.07, 6.45) is 0. The summed E-state index contributed by atoms with van der Waals surface area (Å²) in [4.78, 5) is 28.6. The Labute approximate surface area is 133 Å². The number of ether oxygens (including phenoxy) is 1. The highest BCUT2D eigenvalue weighted by Gasteiger charge is 2.13. The molecule has 5 nitrogen and oxygen atoms in total. The molecule has 0 aliphatic heterocycles. The summed E-state index contributed by atoms with van der Waals surface area (Å²) < 4.78 is 6.46. The Bertz CT molecular complexity index is 768. The van der Waals surface area contributed by atoms with Gasteiger partial charge in [0.25, 0.3) is 5.56 Å². The van der Waals surface area contributed by atoms with Crippen molar-refractivity contribution in [1.82, 2.24) is 9.55 Å². The van der Waals surface area contributed by atoms with Crippen LogP contribution in [0.5, 0.6) is 0 Å². The fraction of sp³-hybridized carbons (Fsp3) is 0.312. The zero-order valence-corrected chi connectivity index (χ0v) is 13.5. The van der Waals surface area contributed by atoms with Gasteiger partial charge in [-0.1, -0.05) is 36.0 Å². The predicted octanol–water partition coefficient (Wildman–Crippen LogP) is 2.63. The molecular formula is C16H18N2O3S. The molecule has 0 aliphatic rings. The number of allylic oxidation sites excluding steroid dienone is 1. The maximum atomic E-state index is 12.6. The van der Waals surface area contributed by atoms with Crippen molar-refractivity contribution in [3.05, 3.63) is 46.8 Å². The molecule has 0 unspecified atom stereocenters. The highest BCUT2D eigenvalue weighted by molar-refractivity contribution is 7.99. The van der Waals surface area contributed by atoms with E-state index in [0.717, 1.165) is 5.57 Å². The number of thioether (sulfide) groups is 1. The van der Waals surface area contributed by atoms with Gasteiger partial charge in [-0.15, -0.1) is 0 Å². The first-order valence-electron chi connectivity index (χ1n) is 6.95. The summed E-state index contributed by atoms with van der Waals surface area (Å²) in [5.74, 6) is -0.203. The van der Waals surface area contributed by atoms with Crippen molar-refractivity contribution in [2.75, 3.05) is 12.4 Å². The first-order valence-corrected chi connectivity index (χ1v) is 7.94. The average Bonchev–Trinajstić information content (AvgIpc) is 2.48. The lowest BCUT2D eigenvalue weighted by Crippen LogP contribution is -2.24. The molecule has 0 fully saturated rings. The molecular weight excluding hydrogens is 300 g/mol. The van der Waals surface area contributed by atoms with Crippen LogP contribution < -0.4 is 5.56 Å². The van der Waals surface area contributed by atoms with Crippen molar-refractivity contribution in [2.24, 2.45) is 0 Å². The lowest BCUT2D eigenvalue weighted by molar-refractivity contribution is -0.139. The van der Waals surface area contributed by atoms with Gasteiger partial charge in [0.15, 0.2) is 5.16 Å². The van der Waals surface area contributed by atoms with Gasteiger partial charge in [0.1, 0.15) is 0 Å². The van der Waals surface area contributed by atoms with Gasteiger partial charge in [-0.2, -0.15) is 0 Å². The van der Waals surface area contributed by atoms with E-state index in [4.69, 9.17) is 4.74 Å². The van der Waals surface area contributed by atoms with Gasteiger partial charge in [0, 0.05) is 6.54 Å². The standard InChI is InChI=1S/C16H18N2O3S/c1-4-21-14(19)10-22-16-17-13-8-6-5-7-12(13)15(20)18(16)9-11(2)3/h5-8H,2,4,9-10H2,1,3H3. The number of esters is 1. The molecule has 2 rings (SSSR count). The average molecular weight is 318 g/mol. The molecule has 6 heteroatoms. The maximum absolute atomic E-state index is 12.6. The van der Waals surface area contributed by atoms with E-state index in [-0.39, 0.29) is 17.3 Å².